The summed E-state index contributed by atoms with van der Waals surface area (Å²) in [5, 5.41) is 3.18. The van der Waals surface area contributed by atoms with Crippen molar-refractivity contribution in [2.24, 2.45) is 0 Å². The van der Waals surface area contributed by atoms with Crippen molar-refractivity contribution in [1.29, 1.82) is 0 Å². The lowest BCUT2D eigenvalue weighted by atomic mass is 9.97. The molecule has 2 nitrogen and oxygen atoms in total. The van der Waals surface area contributed by atoms with Crippen LogP contribution in [0.25, 0.3) is 0 Å². The minimum atomic E-state index is -0.967. The lowest BCUT2D eigenvalue weighted by Crippen LogP contribution is -2.47. The smallest absolute Gasteiger partial charge is 0.120 e. The maximum absolute atomic E-state index is 13.6. The van der Waals surface area contributed by atoms with E-state index in [1.807, 2.05) is 7.05 Å². The first-order valence-corrected chi connectivity index (χ1v) is 5.12. The Labute approximate surface area is 80.5 Å². The van der Waals surface area contributed by atoms with E-state index in [0.717, 1.165) is 25.9 Å². The molecule has 1 heterocycles. The van der Waals surface area contributed by atoms with Crippen LogP contribution >= 0.6 is 0 Å². The summed E-state index contributed by atoms with van der Waals surface area (Å²) >= 11 is 0. The second kappa shape index (κ2) is 4.38. The highest BCUT2D eigenvalue weighted by Crippen LogP contribution is 2.24. The van der Waals surface area contributed by atoms with Gasteiger partial charge in [-0.2, -0.15) is 0 Å². The fourth-order valence-corrected chi connectivity index (χ4v) is 1.93. The van der Waals surface area contributed by atoms with Gasteiger partial charge in [-0.25, -0.2) is 4.39 Å². The number of alkyl halides is 1. The molecule has 0 radical (unpaired) electrons. The standard InChI is InChI=1S/C10H21FN2/c1-9(12-3)7-13-6-4-5-10(2,11)8-13/h9,12H,4-8H2,1-3H3. The molecular formula is C10H21FN2. The first kappa shape index (κ1) is 10.9. The maximum Gasteiger partial charge on any atom is 0.120 e. The summed E-state index contributed by atoms with van der Waals surface area (Å²) in [7, 11) is 1.95. The van der Waals surface area contributed by atoms with Crippen LogP contribution in [0.1, 0.15) is 26.7 Å². The molecule has 13 heavy (non-hydrogen) atoms. The van der Waals surface area contributed by atoms with E-state index in [1.165, 1.54) is 0 Å². The van der Waals surface area contributed by atoms with E-state index in [0.29, 0.717) is 12.6 Å². The summed E-state index contributed by atoms with van der Waals surface area (Å²) in [6.45, 7) is 6.44. The molecular weight excluding hydrogens is 167 g/mol. The average molecular weight is 188 g/mol. The second-order valence-electron chi connectivity index (χ2n) is 4.44. The van der Waals surface area contributed by atoms with Crippen molar-refractivity contribution in [2.45, 2.75) is 38.4 Å². The summed E-state index contributed by atoms with van der Waals surface area (Å²) in [4.78, 5) is 2.21. The predicted octanol–water partition coefficient (Wildman–Crippen LogP) is 1.42. The zero-order valence-electron chi connectivity index (χ0n) is 8.94. The van der Waals surface area contributed by atoms with Crippen LogP contribution in [-0.2, 0) is 0 Å². The van der Waals surface area contributed by atoms with Gasteiger partial charge in [0.1, 0.15) is 5.67 Å². The minimum absolute atomic E-state index is 0.453. The first-order chi connectivity index (χ1) is 6.03. The number of piperidine rings is 1. The molecule has 1 N–H and O–H groups in total. The molecule has 0 aromatic rings. The normalized spacial score (nSPS) is 33.2. The van der Waals surface area contributed by atoms with Crippen LogP contribution in [0, 0.1) is 0 Å². The first-order valence-electron chi connectivity index (χ1n) is 5.12. The highest BCUT2D eigenvalue weighted by Gasteiger charge is 2.30. The van der Waals surface area contributed by atoms with Crippen molar-refractivity contribution >= 4 is 0 Å². The number of halogens is 1. The Balaban J connectivity index is 2.34. The van der Waals surface area contributed by atoms with Crippen molar-refractivity contribution in [3.05, 3.63) is 0 Å². The van der Waals surface area contributed by atoms with Gasteiger partial charge in [0.15, 0.2) is 0 Å². The van der Waals surface area contributed by atoms with Crippen molar-refractivity contribution in [2.75, 3.05) is 26.7 Å². The molecule has 1 fully saturated rings. The van der Waals surface area contributed by atoms with Crippen molar-refractivity contribution < 1.29 is 4.39 Å². The van der Waals surface area contributed by atoms with Crippen molar-refractivity contribution in [3.63, 3.8) is 0 Å². The minimum Gasteiger partial charge on any atom is -0.316 e. The molecule has 3 heteroatoms. The summed E-state index contributed by atoms with van der Waals surface area (Å²) in [6, 6.07) is 0.453. The van der Waals surface area contributed by atoms with Crippen LogP contribution in [0.4, 0.5) is 4.39 Å². The monoisotopic (exact) mass is 188 g/mol. The van der Waals surface area contributed by atoms with Gasteiger partial charge in [-0.15, -0.1) is 0 Å². The molecule has 0 amide bonds. The van der Waals surface area contributed by atoms with Crippen LogP contribution in [0.3, 0.4) is 0 Å². The Morgan fingerprint density at radius 2 is 2.31 bits per heavy atom. The van der Waals surface area contributed by atoms with Crippen molar-refractivity contribution in [3.8, 4) is 0 Å². The molecule has 0 spiro atoms. The fourth-order valence-electron chi connectivity index (χ4n) is 1.93. The number of likely N-dealkylation sites (N-methyl/N-ethyl adjacent to an activating group) is 1. The third kappa shape index (κ3) is 3.61. The Bertz CT molecular complexity index is 159. The van der Waals surface area contributed by atoms with Crippen LogP contribution in [-0.4, -0.2) is 43.3 Å². The number of hydrogen-bond donors (Lipinski definition) is 1. The molecule has 1 rings (SSSR count). The van der Waals surface area contributed by atoms with Gasteiger partial charge in [0.25, 0.3) is 0 Å². The largest absolute Gasteiger partial charge is 0.316 e. The molecule has 1 aliphatic heterocycles. The van der Waals surface area contributed by atoms with Crippen LogP contribution < -0.4 is 5.32 Å². The quantitative estimate of drug-likeness (QED) is 0.720. The summed E-state index contributed by atoms with van der Waals surface area (Å²) in [5.41, 5.74) is -0.967. The number of hydrogen-bond acceptors (Lipinski definition) is 2. The Morgan fingerprint density at radius 1 is 1.62 bits per heavy atom. The number of nitrogens with zero attached hydrogens (tertiary/aromatic N) is 1. The van der Waals surface area contributed by atoms with E-state index in [1.54, 1.807) is 6.92 Å². The van der Waals surface area contributed by atoms with Gasteiger partial charge in [-0.1, -0.05) is 0 Å². The van der Waals surface area contributed by atoms with Gasteiger partial charge in [0.2, 0.25) is 0 Å². The van der Waals surface area contributed by atoms with E-state index in [9.17, 15) is 4.39 Å². The van der Waals surface area contributed by atoms with Gasteiger partial charge in [-0.05, 0) is 40.3 Å². The Hall–Kier alpha value is -0.150. The molecule has 0 aromatic carbocycles. The molecule has 0 aliphatic carbocycles. The molecule has 0 aromatic heterocycles. The molecule has 2 atom stereocenters. The second-order valence-corrected chi connectivity index (χ2v) is 4.44. The highest BCUT2D eigenvalue weighted by molar-refractivity contribution is 4.84. The predicted molar refractivity (Wildman–Crippen MR) is 53.7 cm³/mol. The maximum atomic E-state index is 13.6. The molecule has 1 aliphatic rings. The number of rotatable bonds is 3. The van der Waals surface area contributed by atoms with Gasteiger partial charge in [-0.3, -0.25) is 4.90 Å². The summed E-state index contributed by atoms with van der Waals surface area (Å²) < 4.78 is 13.6. The molecule has 0 bridgehead atoms. The number of nitrogens with one attached hydrogen (secondary N) is 1. The molecule has 2 unspecified atom stereocenters. The van der Waals surface area contributed by atoms with E-state index in [2.05, 4.69) is 17.1 Å². The average Bonchev–Trinajstić information content (AvgIpc) is 2.02. The van der Waals surface area contributed by atoms with Crippen LogP contribution in [0.2, 0.25) is 0 Å². The van der Waals surface area contributed by atoms with E-state index >= 15 is 0 Å². The van der Waals surface area contributed by atoms with Gasteiger partial charge in [0.05, 0.1) is 0 Å². The van der Waals surface area contributed by atoms with Gasteiger partial charge >= 0.3 is 0 Å². The van der Waals surface area contributed by atoms with Gasteiger partial charge < -0.3 is 5.32 Å². The lowest BCUT2D eigenvalue weighted by molar-refractivity contribution is 0.0566. The zero-order valence-corrected chi connectivity index (χ0v) is 8.94. The summed E-state index contributed by atoms with van der Waals surface area (Å²) in [5.74, 6) is 0. The lowest BCUT2D eigenvalue weighted by Gasteiger charge is -2.36. The highest BCUT2D eigenvalue weighted by atomic mass is 19.1. The zero-order chi connectivity index (χ0) is 9.90. The SMILES string of the molecule is CNC(C)CN1CCCC(C)(F)C1. The topological polar surface area (TPSA) is 15.3 Å². The van der Waals surface area contributed by atoms with Crippen LogP contribution in [0.5, 0.6) is 0 Å². The molecule has 78 valence electrons. The van der Waals surface area contributed by atoms with Gasteiger partial charge in [0, 0.05) is 19.1 Å². The third-order valence-electron chi connectivity index (χ3n) is 2.75. The van der Waals surface area contributed by atoms with E-state index < -0.39 is 5.67 Å². The third-order valence-corrected chi connectivity index (χ3v) is 2.75. The van der Waals surface area contributed by atoms with Crippen LogP contribution in [0.15, 0.2) is 0 Å². The van der Waals surface area contributed by atoms with Crippen molar-refractivity contribution in [1.82, 2.24) is 10.2 Å². The van der Waals surface area contributed by atoms with E-state index in [4.69, 9.17) is 0 Å². The Morgan fingerprint density at radius 3 is 2.85 bits per heavy atom. The van der Waals surface area contributed by atoms with E-state index in [-0.39, 0.29) is 0 Å². The molecule has 0 saturated carbocycles. The molecule has 1 saturated heterocycles. The Kier molecular flexibility index (Phi) is 3.68. The number of likely N-dealkylation sites (tertiary alicyclic amines) is 1. The fraction of sp³-hybridized carbons (Fsp3) is 1.00. The summed E-state index contributed by atoms with van der Waals surface area (Å²) in [6.07, 6.45) is 1.71.